The van der Waals surface area contributed by atoms with Crippen LogP contribution in [0.2, 0.25) is 0 Å². The van der Waals surface area contributed by atoms with Gasteiger partial charge in [0, 0.05) is 19.8 Å². The van der Waals surface area contributed by atoms with Gasteiger partial charge in [0.15, 0.2) is 37.7 Å². The molecule has 0 spiro atoms. The van der Waals surface area contributed by atoms with Crippen LogP contribution in [-0.4, -0.2) is 476 Å². The van der Waals surface area contributed by atoms with Gasteiger partial charge in [-0.1, -0.05) is 0 Å². The van der Waals surface area contributed by atoms with Crippen molar-refractivity contribution >= 4 is 17.8 Å². The highest BCUT2D eigenvalue weighted by Crippen LogP contribution is 2.44. The van der Waals surface area contributed by atoms with E-state index in [0.717, 1.165) is 6.92 Å². The fourth-order valence-electron chi connectivity index (χ4n) is 13.2. The third-order valence-electron chi connectivity index (χ3n) is 18.9. The Morgan fingerprint density at radius 1 is 0.385 bits per heavy atom. The third kappa shape index (κ3) is 17.9. The Morgan fingerprint density at radius 3 is 1.28 bits per heavy atom. The number of nitrogens with one attached hydrogen (secondary N) is 1. The summed E-state index contributed by atoms with van der Waals surface area (Å²) in [6, 6.07) is -1.93. The Morgan fingerprint density at radius 2 is 0.788 bits per heavy atom. The van der Waals surface area contributed by atoms with Gasteiger partial charge in [0.25, 0.3) is 11.6 Å². The van der Waals surface area contributed by atoms with Crippen LogP contribution in [0.4, 0.5) is 0 Å². The Kier molecular flexibility index (Phi) is 30.1. The van der Waals surface area contributed by atoms with E-state index in [4.69, 9.17) is 71.1 Å². The predicted octanol–water partition coefficient (Wildman–Crippen LogP) is -19.9. The molecule has 8 saturated heterocycles. The van der Waals surface area contributed by atoms with Crippen molar-refractivity contribution in [3.8, 4) is 0 Å². The first-order valence-corrected chi connectivity index (χ1v) is 32.4. The van der Waals surface area contributed by atoms with Crippen LogP contribution >= 0.6 is 0 Å². The molecule has 0 radical (unpaired) electrons. The van der Waals surface area contributed by atoms with Crippen molar-refractivity contribution in [3.05, 3.63) is 0 Å². The fraction of sp³-hybridized carbons (Fsp3) is 0.946. The van der Waals surface area contributed by atoms with Crippen molar-refractivity contribution < 1.29 is 234 Å². The molecule has 0 bridgehead atoms. The van der Waals surface area contributed by atoms with E-state index in [9.17, 15) is 162 Å². The fourth-order valence-corrected chi connectivity index (χ4v) is 13.2. The lowest BCUT2D eigenvalue weighted by atomic mass is 9.89. The van der Waals surface area contributed by atoms with Gasteiger partial charge in [-0.25, -0.2) is 9.59 Å². The van der Waals surface area contributed by atoms with Crippen molar-refractivity contribution in [1.82, 2.24) is 5.32 Å². The molecule has 8 fully saturated rings. The van der Waals surface area contributed by atoms with Crippen LogP contribution in [0.1, 0.15) is 19.8 Å². The Balaban J connectivity index is 1.20. The number of ether oxygens (including phenoxy) is 15. The second-order valence-electron chi connectivity index (χ2n) is 26.0. The van der Waals surface area contributed by atoms with Crippen LogP contribution in [0, 0.1) is 0 Å². The summed E-state index contributed by atoms with van der Waals surface area (Å²) in [6.07, 6.45) is -93.7. The highest BCUT2D eigenvalue weighted by molar-refractivity contribution is 5.77. The van der Waals surface area contributed by atoms with E-state index in [1.165, 1.54) is 0 Å². The van der Waals surface area contributed by atoms with Crippen molar-refractivity contribution in [3.63, 3.8) is 0 Å². The maximum Gasteiger partial charge on any atom is 0.364 e. The standard InChI is InChI=1S/C56H93NO47/c1-12(66)57-23-27(75)25(73)19(8-62)90-47(23)100-45-30(78)29(77)37(14(68)4-58)94-52(45)99-44-36(84)51(98-43-18(3-55(89,53(85)86)103-40(43)17(71)7-61)102-56(54(87)88)2-13(67)24(72)38(104-56)15(69)5-59)95-39(16(70)6-60)46(44)101-50-35(83)32(80)42(22(11-65)93-50)97-49-34(82)31(79)41(21(10-64)92-49)96-48-33(81)28(76)26(74)20(9-63)91-48/h13-52,58-65,67-84,89H,2-11H2,1H3,(H,57,66)(H,85,86)(H,87,88)/t13-,14?,15-,16+,17-,18-,19-,20-,21-,22-,23-,24-,25-,26+,27-,28+,29?,30?,31-,32-,33-,34-,35-,36+,37?,38-,39-,40-,41+,42-,43-,44-,45?,46-,47-,48-,49+,50+,51-,52?,55-,56-/m1/s1. The number of carbonyl (C=O) groups is 3. The Labute approximate surface area is 585 Å². The Bertz CT molecular complexity index is 2720. The lowest BCUT2D eigenvalue weighted by Gasteiger charge is -2.53. The van der Waals surface area contributed by atoms with Gasteiger partial charge in [-0.3, -0.25) is 4.79 Å². The second kappa shape index (κ2) is 36.3. The number of aliphatic carboxylic acids is 2. The van der Waals surface area contributed by atoms with Crippen LogP contribution < -0.4 is 5.32 Å². The van der Waals surface area contributed by atoms with Gasteiger partial charge in [0.2, 0.25) is 5.91 Å². The Hall–Kier alpha value is -3.27. The number of carboxylic acid groups (broad SMARTS) is 2. The van der Waals surface area contributed by atoms with Gasteiger partial charge in [0.1, 0.15) is 195 Å². The molecule has 6 unspecified atom stereocenters. The number of hydrogen-bond acceptors (Lipinski definition) is 45. The van der Waals surface area contributed by atoms with Crippen LogP contribution in [0.3, 0.4) is 0 Å². The monoisotopic (exact) mass is 1530 g/mol. The summed E-state index contributed by atoms with van der Waals surface area (Å²) in [5.41, 5.74) is 0. The molecule has 8 aliphatic heterocycles. The minimum atomic E-state index is -3.67. The summed E-state index contributed by atoms with van der Waals surface area (Å²) in [4.78, 5) is 38.7. The molecule has 0 aromatic carbocycles. The summed E-state index contributed by atoms with van der Waals surface area (Å²) in [6.45, 7) is -9.24. The zero-order chi connectivity index (χ0) is 77.2. The topological polar surface area (TPSA) is 788 Å². The molecular weight excluding hydrogens is 1440 g/mol. The van der Waals surface area contributed by atoms with Crippen molar-refractivity contribution in [2.24, 2.45) is 0 Å². The average molecular weight is 1530 g/mol. The van der Waals surface area contributed by atoms with Crippen molar-refractivity contribution in [2.45, 2.75) is 277 Å². The van der Waals surface area contributed by atoms with Crippen LogP contribution in [0.15, 0.2) is 0 Å². The quantitative estimate of drug-likeness (QED) is 0.0331. The molecule has 8 heterocycles. The SMILES string of the molecule is CC(=O)N[C@H]1[C@@H](OC2C(O[C@@H]3[C@H](O)[C@@H](O[C@H]4[C@@H]([C@H](O)CO)O[C@@](O)(C(=O)O)C[C@H]4O[C@]4(C(=O)O)C[C@@H](O)[C@@H](O)[C@@H]([C@H](O)CO)O4)O[C@H]([C@@H](O)CO)[C@H]3O[C@@H]3O[C@H](CO)[C@@H](O[C@@H]4O[C@H](CO)[C@H](O[C@H]5O[C@H](CO)[C@H](O)[C@H](O)[C@H]5O)[C@H](O)[C@H]4O)[C@H](O)[C@H]3O)OC(C(O)CO)C(O)C2O)O[C@H](CO)[C@@H](O)[C@@H]1O. The van der Waals surface area contributed by atoms with E-state index < -0.39 is 340 Å². The molecule has 0 saturated carbocycles. The van der Waals surface area contributed by atoms with Gasteiger partial charge in [-0.05, 0) is 0 Å². The first kappa shape index (κ1) is 86.3. The number of carboxylic acids is 2. The summed E-state index contributed by atoms with van der Waals surface area (Å²) in [5, 5.41) is 320. The maximum absolute atomic E-state index is 13.4. The van der Waals surface area contributed by atoms with Crippen LogP contribution in [0.25, 0.3) is 0 Å². The molecule has 0 aliphatic carbocycles. The molecule has 42 atom stereocenters. The minimum Gasteiger partial charge on any atom is -0.477 e. The summed E-state index contributed by atoms with van der Waals surface area (Å²) in [5.74, 6) is -12.7. The molecule has 48 nitrogen and oxygen atoms in total. The molecule has 8 rings (SSSR count). The van der Waals surface area contributed by atoms with E-state index >= 15 is 0 Å². The van der Waals surface area contributed by atoms with E-state index in [0.29, 0.717) is 0 Å². The number of hydrogen-bond donors (Lipinski definition) is 30. The van der Waals surface area contributed by atoms with Gasteiger partial charge in [0.05, 0.1) is 65.1 Å². The number of aliphatic hydroxyl groups excluding tert-OH is 26. The molecule has 1 amide bonds. The molecule has 48 heteroatoms. The zero-order valence-corrected chi connectivity index (χ0v) is 54.5. The summed E-state index contributed by atoms with van der Waals surface area (Å²) in [7, 11) is 0. The van der Waals surface area contributed by atoms with Crippen molar-refractivity contribution in [2.75, 3.05) is 52.9 Å². The molecule has 0 aromatic heterocycles. The summed E-state index contributed by atoms with van der Waals surface area (Å²) < 4.78 is 87.0. The number of carbonyl (C=O) groups excluding carboxylic acids is 1. The third-order valence-corrected chi connectivity index (χ3v) is 18.9. The molecule has 0 aromatic rings. The van der Waals surface area contributed by atoms with Crippen LogP contribution in [-0.2, 0) is 85.4 Å². The largest absolute Gasteiger partial charge is 0.477 e. The van der Waals surface area contributed by atoms with Gasteiger partial charge in [-0.15, -0.1) is 0 Å². The number of amides is 1. The normalized spacial score (nSPS) is 48.7. The highest BCUT2D eigenvalue weighted by atomic mass is 16.8. The zero-order valence-electron chi connectivity index (χ0n) is 54.5. The van der Waals surface area contributed by atoms with Crippen LogP contribution in [0.5, 0.6) is 0 Å². The first-order valence-electron chi connectivity index (χ1n) is 32.4. The second-order valence-corrected chi connectivity index (χ2v) is 26.0. The molecule has 8 aliphatic rings. The smallest absolute Gasteiger partial charge is 0.364 e. The molecule has 104 heavy (non-hydrogen) atoms. The summed E-state index contributed by atoms with van der Waals surface area (Å²) >= 11 is 0. The highest BCUT2D eigenvalue weighted by Gasteiger charge is 2.65. The molecule has 30 N–H and O–H groups in total. The predicted molar refractivity (Wildman–Crippen MR) is 310 cm³/mol. The molecule has 604 valence electrons. The van der Waals surface area contributed by atoms with E-state index in [1.807, 2.05) is 0 Å². The maximum atomic E-state index is 13.4. The lowest BCUT2D eigenvalue weighted by Crippen LogP contribution is -2.71. The van der Waals surface area contributed by atoms with E-state index in [-0.39, 0.29) is 0 Å². The van der Waals surface area contributed by atoms with E-state index in [2.05, 4.69) is 5.32 Å². The average Bonchev–Trinajstić information content (AvgIpc) is 0.749. The number of aliphatic hydroxyl groups is 27. The van der Waals surface area contributed by atoms with Crippen molar-refractivity contribution in [1.29, 1.82) is 0 Å². The van der Waals surface area contributed by atoms with E-state index in [1.54, 1.807) is 0 Å². The molecular formula is C56H93NO47. The van der Waals surface area contributed by atoms with Gasteiger partial charge < -0.3 is 224 Å². The number of rotatable bonds is 29. The van der Waals surface area contributed by atoms with Gasteiger partial charge >= 0.3 is 11.9 Å². The first-order chi connectivity index (χ1) is 48.9. The minimum absolute atomic E-state index is 0.906. The lowest BCUT2D eigenvalue weighted by molar-refractivity contribution is -0.420. The van der Waals surface area contributed by atoms with Gasteiger partial charge in [-0.2, -0.15) is 0 Å².